The van der Waals surface area contributed by atoms with Crippen LogP contribution in [0.2, 0.25) is 0 Å². The molecule has 1 heteroatoms. The molecule has 2 atom stereocenters. The summed E-state index contributed by atoms with van der Waals surface area (Å²) in [5.41, 5.74) is 0.908. The molecule has 0 aromatic heterocycles. The van der Waals surface area contributed by atoms with E-state index in [2.05, 4.69) is 30.3 Å². The highest BCUT2D eigenvalue weighted by Gasteiger charge is 2.98. The van der Waals surface area contributed by atoms with Crippen LogP contribution in [0.15, 0.2) is 30.3 Å². The molecule has 76 valence electrons. The molecule has 3 saturated carbocycles. The van der Waals surface area contributed by atoms with Gasteiger partial charge in [0.2, 0.25) is 0 Å². The van der Waals surface area contributed by atoms with Crippen molar-refractivity contribution in [2.24, 2.45) is 5.41 Å². The summed E-state index contributed by atoms with van der Waals surface area (Å²) >= 11 is 0. The van der Waals surface area contributed by atoms with E-state index in [1.54, 1.807) is 37.4 Å². The fourth-order valence-corrected chi connectivity index (χ4v) is 9.30. The van der Waals surface area contributed by atoms with E-state index < -0.39 is 0 Å². The Morgan fingerprint density at radius 2 is 1.67 bits per heavy atom. The molecule has 15 heavy (non-hydrogen) atoms. The summed E-state index contributed by atoms with van der Waals surface area (Å²) in [6.07, 6.45) is 7.88. The van der Waals surface area contributed by atoms with Crippen LogP contribution in [0.3, 0.4) is 0 Å². The van der Waals surface area contributed by atoms with Crippen molar-refractivity contribution in [3.8, 4) is 0 Å². The van der Waals surface area contributed by atoms with Crippen molar-refractivity contribution >= 4 is 13.2 Å². The van der Waals surface area contributed by atoms with Gasteiger partial charge < -0.3 is 0 Å². The summed E-state index contributed by atoms with van der Waals surface area (Å²) in [7, 11) is 0.265. The van der Waals surface area contributed by atoms with Crippen molar-refractivity contribution in [3.05, 3.63) is 30.3 Å². The molecule has 1 aliphatic heterocycles. The molecule has 1 aromatic carbocycles. The zero-order valence-corrected chi connectivity index (χ0v) is 9.76. The third-order valence-electron chi connectivity index (χ3n) is 5.47. The number of benzene rings is 1. The van der Waals surface area contributed by atoms with Crippen LogP contribution >= 0.6 is 7.92 Å². The lowest BCUT2D eigenvalue weighted by atomic mass is 10.2. The van der Waals surface area contributed by atoms with Gasteiger partial charge >= 0.3 is 0 Å². The minimum absolute atomic E-state index is 0.265. The average Bonchev–Trinajstić information content (AvgIpc) is 3.12. The molecule has 1 heterocycles. The molecule has 0 nitrogen and oxygen atoms in total. The zero-order valence-electron chi connectivity index (χ0n) is 8.87. The van der Waals surface area contributed by atoms with E-state index in [-0.39, 0.29) is 7.92 Å². The topological polar surface area (TPSA) is 0 Å². The molecule has 0 amide bonds. The summed E-state index contributed by atoms with van der Waals surface area (Å²) in [5, 5.41) is 3.51. The molecule has 0 radical (unpaired) electrons. The molecule has 4 aliphatic rings. The highest BCUT2D eigenvalue weighted by Crippen LogP contribution is 3.08. The normalized spacial score (nSPS) is 44.7. The van der Waals surface area contributed by atoms with Gasteiger partial charge in [0.05, 0.1) is 0 Å². The average molecular weight is 214 g/mol. The van der Waals surface area contributed by atoms with E-state index in [4.69, 9.17) is 0 Å². The Morgan fingerprint density at radius 1 is 0.933 bits per heavy atom. The fraction of sp³-hybridized carbons (Fsp3) is 0.571. The maximum atomic E-state index is 2.40. The lowest BCUT2D eigenvalue weighted by Gasteiger charge is -1.98. The van der Waals surface area contributed by atoms with Crippen LogP contribution in [0.5, 0.6) is 0 Å². The predicted octanol–water partition coefficient (Wildman–Crippen LogP) is 3.26. The van der Waals surface area contributed by atoms with Gasteiger partial charge in [-0.25, -0.2) is 0 Å². The van der Waals surface area contributed by atoms with Gasteiger partial charge in [0, 0.05) is 10.3 Å². The Morgan fingerprint density at radius 3 is 2.20 bits per heavy atom. The maximum absolute atomic E-state index is 2.40. The first kappa shape index (κ1) is 7.85. The van der Waals surface area contributed by atoms with Crippen molar-refractivity contribution in [2.45, 2.75) is 42.4 Å². The molecule has 4 fully saturated rings. The van der Waals surface area contributed by atoms with E-state index in [1.807, 2.05) is 0 Å². The van der Waals surface area contributed by atoms with Gasteiger partial charge in [-0.15, -0.1) is 0 Å². The van der Waals surface area contributed by atoms with Crippen molar-refractivity contribution in [1.82, 2.24) is 0 Å². The molecule has 3 spiro atoms. The second-order valence-electron chi connectivity index (χ2n) is 6.02. The molecule has 5 rings (SSSR count). The van der Waals surface area contributed by atoms with Crippen LogP contribution in [0.25, 0.3) is 0 Å². The molecule has 0 N–H and O–H groups in total. The summed E-state index contributed by atoms with van der Waals surface area (Å²) in [5.74, 6) is 0. The Hall–Kier alpha value is -0.350. The Kier molecular flexibility index (Phi) is 1.01. The fourth-order valence-electron chi connectivity index (χ4n) is 4.47. The third kappa shape index (κ3) is 0.644. The maximum Gasteiger partial charge on any atom is 0.0112 e. The SMILES string of the molecule is c1ccc(P2C3(CC3)C23CC32CC2)cc1. The number of rotatable bonds is 1. The number of hydrogen-bond donors (Lipinski definition) is 0. The summed E-state index contributed by atoms with van der Waals surface area (Å²) in [6, 6.07) is 11.4. The van der Waals surface area contributed by atoms with E-state index in [9.17, 15) is 0 Å². The highest BCUT2D eigenvalue weighted by atomic mass is 31.1. The molecule has 1 aromatic rings. The van der Waals surface area contributed by atoms with Gasteiger partial charge in [-0.3, -0.25) is 0 Å². The first-order valence-corrected chi connectivity index (χ1v) is 7.54. The van der Waals surface area contributed by atoms with Crippen molar-refractivity contribution in [3.63, 3.8) is 0 Å². The van der Waals surface area contributed by atoms with E-state index in [1.165, 1.54) is 0 Å². The lowest BCUT2D eigenvalue weighted by Crippen LogP contribution is -1.95. The van der Waals surface area contributed by atoms with E-state index in [0.717, 1.165) is 15.7 Å². The monoisotopic (exact) mass is 214 g/mol. The van der Waals surface area contributed by atoms with Crippen LogP contribution in [0.4, 0.5) is 0 Å². The van der Waals surface area contributed by atoms with Crippen LogP contribution < -0.4 is 5.30 Å². The quantitative estimate of drug-likeness (QED) is 0.629. The predicted molar refractivity (Wildman–Crippen MR) is 64.0 cm³/mol. The molecular formula is C14H15P. The summed E-state index contributed by atoms with van der Waals surface area (Å²) in [6.45, 7) is 0. The van der Waals surface area contributed by atoms with E-state index in [0.29, 0.717) is 0 Å². The third-order valence-corrected chi connectivity index (χ3v) is 9.57. The second-order valence-corrected chi connectivity index (χ2v) is 8.83. The van der Waals surface area contributed by atoms with Gasteiger partial charge in [-0.2, -0.15) is 0 Å². The van der Waals surface area contributed by atoms with Crippen molar-refractivity contribution in [2.75, 3.05) is 0 Å². The van der Waals surface area contributed by atoms with Gasteiger partial charge in [0.1, 0.15) is 0 Å². The van der Waals surface area contributed by atoms with Gasteiger partial charge in [-0.1, -0.05) is 38.3 Å². The largest absolute Gasteiger partial charge is 0.0622 e. The Labute approximate surface area is 91.8 Å². The highest BCUT2D eigenvalue weighted by molar-refractivity contribution is 7.78. The summed E-state index contributed by atoms with van der Waals surface area (Å²) < 4.78 is 0. The number of hydrogen-bond acceptors (Lipinski definition) is 0. The van der Waals surface area contributed by atoms with Crippen LogP contribution in [-0.4, -0.2) is 10.3 Å². The molecule has 2 unspecified atom stereocenters. The first-order chi connectivity index (χ1) is 7.35. The van der Waals surface area contributed by atoms with Crippen molar-refractivity contribution in [1.29, 1.82) is 0 Å². The molecule has 1 saturated heterocycles. The van der Waals surface area contributed by atoms with Gasteiger partial charge in [0.25, 0.3) is 0 Å². The summed E-state index contributed by atoms with van der Waals surface area (Å²) in [4.78, 5) is 0. The molecular weight excluding hydrogens is 199 g/mol. The van der Waals surface area contributed by atoms with Crippen LogP contribution in [0.1, 0.15) is 32.1 Å². The Bertz CT molecular complexity index is 455. The first-order valence-electron chi connectivity index (χ1n) is 6.20. The minimum Gasteiger partial charge on any atom is -0.0622 e. The van der Waals surface area contributed by atoms with E-state index >= 15 is 0 Å². The van der Waals surface area contributed by atoms with Crippen molar-refractivity contribution < 1.29 is 0 Å². The smallest absolute Gasteiger partial charge is 0.0112 e. The Balaban J connectivity index is 1.62. The van der Waals surface area contributed by atoms with Crippen LogP contribution in [-0.2, 0) is 0 Å². The molecule has 3 aliphatic carbocycles. The number of fused-ring (bicyclic) bond motifs is 2. The minimum atomic E-state index is 0.265. The van der Waals surface area contributed by atoms with Gasteiger partial charge in [0.15, 0.2) is 0 Å². The second kappa shape index (κ2) is 1.93. The standard InChI is InChI=1S/C14H15P/c1-2-4-11(5-3-1)15-13(8-9-13)14(15)10-12(14)6-7-12/h1-5H,6-10H2. The lowest BCUT2D eigenvalue weighted by molar-refractivity contribution is 0.786. The van der Waals surface area contributed by atoms with Gasteiger partial charge in [-0.05, 0) is 42.8 Å². The van der Waals surface area contributed by atoms with Crippen LogP contribution in [0, 0.1) is 5.41 Å². The zero-order chi connectivity index (χ0) is 9.73. The molecule has 0 bridgehead atoms.